The molecule has 0 bridgehead atoms. The van der Waals surface area contributed by atoms with Gasteiger partial charge in [-0.1, -0.05) is 38.1 Å². The summed E-state index contributed by atoms with van der Waals surface area (Å²) in [6.07, 6.45) is 3.25. The molecule has 0 heteroatoms. The van der Waals surface area contributed by atoms with Crippen molar-refractivity contribution in [3.05, 3.63) is 41.8 Å². The van der Waals surface area contributed by atoms with Crippen molar-refractivity contribution in [2.45, 2.75) is 20.3 Å². The van der Waals surface area contributed by atoms with Crippen molar-refractivity contribution in [2.75, 3.05) is 0 Å². The van der Waals surface area contributed by atoms with Crippen molar-refractivity contribution >= 4 is 0 Å². The Morgan fingerprint density at radius 2 is 2.20 bits per heavy atom. The fraction of sp³-hybridized carbons (Fsp3) is 0.300. The first-order valence-electron chi connectivity index (χ1n) is 3.75. The van der Waals surface area contributed by atoms with E-state index in [1.54, 1.807) is 0 Å². The lowest BCUT2D eigenvalue weighted by molar-refractivity contribution is 1.13. The van der Waals surface area contributed by atoms with Crippen molar-refractivity contribution in [3.63, 3.8) is 0 Å². The fourth-order valence-corrected chi connectivity index (χ4v) is 0.993. The maximum Gasteiger partial charge on any atom is -0.0124 e. The standard InChI is InChI=1S/C10H13/c1-3-9-6-5-7-10(4-2)8-9/h3,5-8H,4H2,1-2H3. The molecule has 0 saturated carbocycles. The average Bonchev–Trinajstić information content (AvgIpc) is 2.05. The molecule has 0 aliphatic carbocycles. The number of aryl methyl sites for hydroxylation is 1. The minimum Gasteiger partial charge on any atom is -0.0617 e. The first-order chi connectivity index (χ1) is 4.86. The molecule has 0 spiro atoms. The van der Waals surface area contributed by atoms with E-state index in [2.05, 4.69) is 44.5 Å². The second-order valence-electron chi connectivity index (χ2n) is 2.39. The number of benzene rings is 1. The van der Waals surface area contributed by atoms with E-state index in [1.165, 1.54) is 11.1 Å². The van der Waals surface area contributed by atoms with Gasteiger partial charge >= 0.3 is 0 Å². The zero-order valence-corrected chi connectivity index (χ0v) is 6.59. The molecular weight excluding hydrogens is 120 g/mol. The van der Waals surface area contributed by atoms with Crippen LogP contribution in [0.2, 0.25) is 0 Å². The minimum atomic E-state index is 1.13. The van der Waals surface area contributed by atoms with Gasteiger partial charge in [0.2, 0.25) is 0 Å². The maximum absolute atomic E-state index is 2.22. The Labute approximate surface area is 62.9 Å². The molecule has 0 saturated heterocycles. The normalized spacial score (nSPS) is 9.80. The molecule has 0 unspecified atom stereocenters. The Morgan fingerprint density at radius 1 is 1.40 bits per heavy atom. The van der Waals surface area contributed by atoms with Crippen LogP contribution in [0.1, 0.15) is 25.0 Å². The van der Waals surface area contributed by atoms with Gasteiger partial charge in [0, 0.05) is 0 Å². The highest BCUT2D eigenvalue weighted by Crippen LogP contribution is 2.06. The van der Waals surface area contributed by atoms with E-state index in [0.29, 0.717) is 0 Å². The predicted octanol–water partition coefficient (Wildman–Crippen LogP) is 2.82. The van der Waals surface area contributed by atoms with Gasteiger partial charge in [0.25, 0.3) is 0 Å². The van der Waals surface area contributed by atoms with Gasteiger partial charge in [0.1, 0.15) is 0 Å². The SMILES string of the molecule is C[CH]c1cccc(CC)c1. The van der Waals surface area contributed by atoms with Crippen molar-refractivity contribution in [1.29, 1.82) is 0 Å². The van der Waals surface area contributed by atoms with Crippen LogP contribution < -0.4 is 0 Å². The van der Waals surface area contributed by atoms with Crippen LogP contribution in [0.4, 0.5) is 0 Å². The summed E-state index contributed by atoms with van der Waals surface area (Å²) < 4.78 is 0. The van der Waals surface area contributed by atoms with Crippen molar-refractivity contribution in [1.82, 2.24) is 0 Å². The van der Waals surface area contributed by atoms with Crippen LogP contribution in [0.3, 0.4) is 0 Å². The zero-order valence-electron chi connectivity index (χ0n) is 6.59. The maximum atomic E-state index is 2.22. The minimum absolute atomic E-state index is 1.13. The van der Waals surface area contributed by atoms with E-state index in [1.807, 2.05) is 0 Å². The molecule has 0 nitrogen and oxygen atoms in total. The summed E-state index contributed by atoms with van der Waals surface area (Å²) in [5, 5.41) is 0. The van der Waals surface area contributed by atoms with Crippen LogP contribution in [0.5, 0.6) is 0 Å². The van der Waals surface area contributed by atoms with Crippen LogP contribution in [-0.4, -0.2) is 0 Å². The molecule has 1 radical (unpaired) electrons. The van der Waals surface area contributed by atoms with E-state index < -0.39 is 0 Å². The fourth-order valence-electron chi connectivity index (χ4n) is 0.993. The molecule has 0 aromatic heterocycles. The van der Waals surface area contributed by atoms with E-state index in [4.69, 9.17) is 0 Å². The quantitative estimate of drug-likeness (QED) is 0.582. The van der Waals surface area contributed by atoms with Gasteiger partial charge in [-0.15, -0.1) is 0 Å². The lowest BCUT2D eigenvalue weighted by Crippen LogP contribution is -1.81. The van der Waals surface area contributed by atoms with Gasteiger partial charge in [-0.3, -0.25) is 0 Å². The summed E-state index contributed by atoms with van der Waals surface area (Å²) in [5.74, 6) is 0. The van der Waals surface area contributed by atoms with Crippen LogP contribution in [0.25, 0.3) is 0 Å². The Balaban J connectivity index is 2.87. The van der Waals surface area contributed by atoms with E-state index in [9.17, 15) is 0 Å². The van der Waals surface area contributed by atoms with Gasteiger partial charge in [0.05, 0.1) is 0 Å². The molecule has 0 atom stereocenters. The van der Waals surface area contributed by atoms with Crippen LogP contribution in [0, 0.1) is 6.42 Å². The Bertz CT molecular complexity index is 182. The molecular formula is C10H13. The van der Waals surface area contributed by atoms with Gasteiger partial charge in [-0.25, -0.2) is 0 Å². The molecule has 10 heavy (non-hydrogen) atoms. The molecule has 0 heterocycles. The highest BCUT2D eigenvalue weighted by atomic mass is 13.9. The summed E-state index contributed by atoms with van der Waals surface area (Å²) in [5.41, 5.74) is 2.73. The number of hydrogen-bond acceptors (Lipinski definition) is 0. The molecule has 1 rings (SSSR count). The topological polar surface area (TPSA) is 0 Å². The molecule has 53 valence electrons. The molecule has 0 N–H and O–H groups in total. The van der Waals surface area contributed by atoms with Crippen LogP contribution in [-0.2, 0) is 6.42 Å². The summed E-state index contributed by atoms with van der Waals surface area (Å²) >= 11 is 0. The third kappa shape index (κ3) is 1.60. The van der Waals surface area contributed by atoms with Crippen LogP contribution in [0.15, 0.2) is 24.3 Å². The third-order valence-corrected chi connectivity index (χ3v) is 1.69. The Morgan fingerprint density at radius 3 is 2.80 bits per heavy atom. The summed E-state index contributed by atoms with van der Waals surface area (Å²) in [4.78, 5) is 0. The van der Waals surface area contributed by atoms with Crippen LogP contribution >= 0.6 is 0 Å². The molecule has 0 aliphatic heterocycles. The second kappa shape index (κ2) is 3.40. The van der Waals surface area contributed by atoms with Crippen molar-refractivity contribution in [2.24, 2.45) is 0 Å². The molecule has 1 aromatic rings. The Kier molecular flexibility index (Phi) is 2.49. The number of hydrogen-bond donors (Lipinski definition) is 0. The molecule has 0 aliphatic rings. The van der Waals surface area contributed by atoms with Gasteiger partial charge < -0.3 is 0 Å². The van der Waals surface area contributed by atoms with E-state index in [0.717, 1.165) is 6.42 Å². The smallest absolute Gasteiger partial charge is 0.0124 e. The predicted molar refractivity (Wildman–Crippen MR) is 44.9 cm³/mol. The summed E-state index contributed by atoms with van der Waals surface area (Å²) in [6, 6.07) is 8.61. The third-order valence-electron chi connectivity index (χ3n) is 1.69. The lowest BCUT2D eigenvalue weighted by atomic mass is 10.1. The summed E-state index contributed by atoms with van der Waals surface area (Å²) in [7, 11) is 0. The van der Waals surface area contributed by atoms with Gasteiger partial charge in [-0.2, -0.15) is 0 Å². The lowest BCUT2D eigenvalue weighted by Gasteiger charge is -1.98. The highest BCUT2D eigenvalue weighted by molar-refractivity contribution is 5.27. The van der Waals surface area contributed by atoms with Crippen molar-refractivity contribution < 1.29 is 0 Å². The highest BCUT2D eigenvalue weighted by Gasteiger charge is 1.89. The van der Waals surface area contributed by atoms with Gasteiger partial charge in [0.15, 0.2) is 0 Å². The Hall–Kier alpha value is -0.780. The number of rotatable bonds is 2. The first kappa shape index (κ1) is 7.33. The monoisotopic (exact) mass is 133 g/mol. The average molecular weight is 133 g/mol. The largest absolute Gasteiger partial charge is 0.0617 e. The van der Waals surface area contributed by atoms with E-state index in [-0.39, 0.29) is 0 Å². The van der Waals surface area contributed by atoms with Gasteiger partial charge in [-0.05, 0) is 24.0 Å². The molecule has 0 fully saturated rings. The zero-order chi connectivity index (χ0) is 7.40. The first-order valence-corrected chi connectivity index (χ1v) is 3.75. The van der Waals surface area contributed by atoms with Crippen molar-refractivity contribution in [3.8, 4) is 0 Å². The van der Waals surface area contributed by atoms with E-state index >= 15 is 0 Å². The second-order valence-corrected chi connectivity index (χ2v) is 2.39. The molecule has 1 aromatic carbocycles. The molecule has 0 amide bonds. The summed E-state index contributed by atoms with van der Waals surface area (Å²) in [6.45, 7) is 4.24.